The lowest BCUT2D eigenvalue weighted by atomic mass is 9.95. The lowest BCUT2D eigenvalue weighted by molar-refractivity contribution is -0.139. The summed E-state index contributed by atoms with van der Waals surface area (Å²) in [4.78, 5) is 28.0. The first-order valence-electron chi connectivity index (χ1n) is 11.5. The summed E-state index contributed by atoms with van der Waals surface area (Å²) < 4.78 is 26.1. The largest absolute Gasteiger partial charge is 0.352 e. The molecule has 0 heterocycles. The third-order valence-electron chi connectivity index (χ3n) is 6.11. The van der Waals surface area contributed by atoms with E-state index in [4.69, 9.17) is 11.6 Å². The number of carbonyl (C=O) groups is 2. The van der Waals surface area contributed by atoms with Gasteiger partial charge in [0.05, 0.1) is 11.9 Å². The van der Waals surface area contributed by atoms with E-state index >= 15 is 0 Å². The molecule has 0 saturated heterocycles. The number of nitrogens with zero attached hydrogens (tertiary/aromatic N) is 2. The number of sulfonamides is 1. The van der Waals surface area contributed by atoms with Crippen molar-refractivity contribution in [3.63, 3.8) is 0 Å². The van der Waals surface area contributed by atoms with E-state index in [1.54, 1.807) is 31.2 Å². The van der Waals surface area contributed by atoms with Crippen LogP contribution in [0.15, 0.2) is 54.6 Å². The molecule has 1 unspecified atom stereocenters. The van der Waals surface area contributed by atoms with Gasteiger partial charge in [0.2, 0.25) is 21.8 Å². The fourth-order valence-corrected chi connectivity index (χ4v) is 5.13. The highest BCUT2D eigenvalue weighted by atomic mass is 35.5. The quantitative estimate of drug-likeness (QED) is 0.558. The Kier molecular flexibility index (Phi) is 8.97. The highest BCUT2D eigenvalue weighted by Crippen LogP contribution is 2.22. The third kappa shape index (κ3) is 7.21. The molecule has 7 nitrogen and oxygen atoms in total. The molecule has 0 bridgehead atoms. The average molecular weight is 506 g/mol. The van der Waals surface area contributed by atoms with Crippen LogP contribution in [0.2, 0.25) is 5.02 Å². The minimum Gasteiger partial charge on any atom is -0.352 e. The van der Waals surface area contributed by atoms with Crippen molar-refractivity contribution in [2.24, 2.45) is 0 Å². The summed E-state index contributed by atoms with van der Waals surface area (Å²) in [5, 5.41) is 3.54. The van der Waals surface area contributed by atoms with Crippen molar-refractivity contribution in [3.8, 4) is 0 Å². The standard InChI is InChI=1S/C25H32ClN3O4S/c1-19(25(31)27-22-11-7-4-8-12-22)28(17-20-9-5-3-6-10-20)24(30)18-29(34(2,32)33)23-15-13-21(26)14-16-23/h3,5-6,9-10,13-16,19,22H,4,7-8,11-12,17-18H2,1-2H3,(H,27,31). The van der Waals surface area contributed by atoms with E-state index in [1.807, 2.05) is 30.3 Å². The minimum absolute atomic E-state index is 0.110. The maximum absolute atomic E-state index is 13.5. The number of rotatable bonds is 9. The van der Waals surface area contributed by atoms with Crippen molar-refractivity contribution in [1.29, 1.82) is 0 Å². The molecule has 1 aliphatic carbocycles. The highest BCUT2D eigenvalue weighted by Gasteiger charge is 2.31. The van der Waals surface area contributed by atoms with Crippen LogP contribution in [0.1, 0.15) is 44.6 Å². The second-order valence-electron chi connectivity index (χ2n) is 8.77. The number of hydrogen-bond donors (Lipinski definition) is 1. The molecule has 1 fully saturated rings. The molecule has 1 N–H and O–H groups in total. The maximum Gasteiger partial charge on any atom is 0.244 e. The number of halogens is 1. The van der Waals surface area contributed by atoms with Crippen LogP contribution in [0, 0.1) is 0 Å². The van der Waals surface area contributed by atoms with Crippen molar-refractivity contribution in [1.82, 2.24) is 10.2 Å². The summed E-state index contributed by atoms with van der Waals surface area (Å²) >= 11 is 5.95. The van der Waals surface area contributed by atoms with Gasteiger partial charge in [-0.15, -0.1) is 0 Å². The van der Waals surface area contributed by atoms with Gasteiger partial charge in [0.1, 0.15) is 12.6 Å². The van der Waals surface area contributed by atoms with E-state index in [2.05, 4.69) is 5.32 Å². The predicted octanol–water partition coefficient (Wildman–Crippen LogP) is 3.97. The molecule has 0 aromatic heterocycles. The molecular formula is C25H32ClN3O4S. The van der Waals surface area contributed by atoms with Gasteiger partial charge < -0.3 is 10.2 Å². The zero-order chi connectivity index (χ0) is 24.7. The van der Waals surface area contributed by atoms with Crippen LogP contribution in [0.4, 0.5) is 5.69 Å². The Bertz CT molecular complexity index is 1070. The van der Waals surface area contributed by atoms with E-state index in [9.17, 15) is 18.0 Å². The van der Waals surface area contributed by atoms with E-state index in [-0.39, 0.29) is 18.5 Å². The van der Waals surface area contributed by atoms with Crippen LogP contribution < -0.4 is 9.62 Å². The van der Waals surface area contributed by atoms with Gasteiger partial charge in [-0.1, -0.05) is 61.2 Å². The van der Waals surface area contributed by atoms with Crippen molar-refractivity contribution in [2.45, 2.75) is 57.7 Å². The van der Waals surface area contributed by atoms with E-state index < -0.39 is 28.5 Å². The molecule has 2 amide bonds. The smallest absolute Gasteiger partial charge is 0.244 e. The summed E-state index contributed by atoms with van der Waals surface area (Å²) in [6.07, 6.45) is 6.25. The van der Waals surface area contributed by atoms with Gasteiger partial charge in [0.25, 0.3) is 0 Å². The van der Waals surface area contributed by atoms with Crippen molar-refractivity contribution in [3.05, 3.63) is 65.2 Å². The number of carbonyl (C=O) groups excluding carboxylic acids is 2. The first-order valence-corrected chi connectivity index (χ1v) is 13.7. The molecule has 1 saturated carbocycles. The minimum atomic E-state index is -3.76. The summed E-state index contributed by atoms with van der Waals surface area (Å²) in [7, 11) is -3.76. The molecule has 0 spiro atoms. The second-order valence-corrected chi connectivity index (χ2v) is 11.1. The Morgan fingerprint density at radius 1 is 1.03 bits per heavy atom. The lowest BCUT2D eigenvalue weighted by Gasteiger charge is -2.33. The van der Waals surface area contributed by atoms with Crippen LogP contribution in [0.3, 0.4) is 0 Å². The molecule has 2 aromatic rings. The van der Waals surface area contributed by atoms with Crippen LogP contribution in [-0.4, -0.2) is 50.0 Å². The van der Waals surface area contributed by atoms with Gasteiger partial charge in [-0.25, -0.2) is 8.42 Å². The van der Waals surface area contributed by atoms with Crippen LogP contribution in [-0.2, 0) is 26.2 Å². The normalized spacial score (nSPS) is 15.4. The Hall–Kier alpha value is -2.58. The number of hydrogen-bond acceptors (Lipinski definition) is 4. The van der Waals surface area contributed by atoms with Gasteiger partial charge in [-0.05, 0) is 49.6 Å². The average Bonchev–Trinajstić information content (AvgIpc) is 2.81. The topological polar surface area (TPSA) is 86.8 Å². The molecule has 34 heavy (non-hydrogen) atoms. The van der Waals surface area contributed by atoms with Crippen molar-refractivity contribution >= 4 is 39.1 Å². The lowest BCUT2D eigenvalue weighted by Crippen LogP contribution is -2.52. The first kappa shape index (κ1) is 26.0. The third-order valence-corrected chi connectivity index (χ3v) is 7.50. The predicted molar refractivity (Wildman–Crippen MR) is 135 cm³/mol. The molecule has 3 rings (SSSR count). The summed E-state index contributed by atoms with van der Waals surface area (Å²) in [5.74, 6) is -0.691. The molecule has 184 valence electrons. The molecule has 2 aromatic carbocycles. The van der Waals surface area contributed by atoms with Gasteiger partial charge in [0, 0.05) is 17.6 Å². The van der Waals surface area contributed by atoms with E-state index in [0.29, 0.717) is 10.7 Å². The SMILES string of the molecule is CC(C(=O)NC1CCCCC1)N(Cc1ccccc1)C(=O)CN(c1ccc(Cl)cc1)S(C)(=O)=O. The Morgan fingerprint density at radius 3 is 2.24 bits per heavy atom. The Balaban J connectivity index is 1.83. The highest BCUT2D eigenvalue weighted by molar-refractivity contribution is 7.92. The molecule has 1 atom stereocenters. The monoisotopic (exact) mass is 505 g/mol. The molecule has 0 radical (unpaired) electrons. The van der Waals surface area contributed by atoms with E-state index in [0.717, 1.165) is 41.8 Å². The molecule has 1 aliphatic rings. The van der Waals surface area contributed by atoms with Crippen LogP contribution >= 0.6 is 11.6 Å². The first-order chi connectivity index (χ1) is 16.1. The number of benzene rings is 2. The summed E-state index contributed by atoms with van der Waals surface area (Å²) in [6, 6.07) is 14.9. The fourth-order valence-electron chi connectivity index (χ4n) is 4.15. The van der Waals surface area contributed by atoms with Gasteiger partial charge in [-0.3, -0.25) is 13.9 Å². The molecule has 0 aliphatic heterocycles. The number of nitrogens with one attached hydrogen (secondary N) is 1. The van der Waals surface area contributed by atoms with Gasteiger partial charge in [-0.2, -0.15) is 0 Å². The summed E-state index contributed by atoms with van der Waals surface area (Å²) in [6.45, 7) is 1.46. The Morgan fingerprint density at radius 2 is 1.65 bits per heavy atom. The molecule has 9 heteroatoms. The van der Waals surface area contributed by atoms with E-state index in [1.165, 1.54) is 11.3 Å². The van der Waals surface area contributed by atoms with Crippen molar-refractivity contribution < 1.29 is 18.0 Å². The van der Waals surface area contributed by atoms with Crippen molar-refractivity contribution in [2.75, 3.05) is 17.1 Å². The van der Waals surface area contributed by atoms with Gasteiger partial charge >= 0.3 is 0 Å². The zero-order valence-electron chi connectivity index (χ0n) is 19.6. The maximum atomic E-state index is 13.5. The fraction of sp³-hybridized carbons (Fsp3) is 0.440. The number of amides is 2. The number of anilines is 1. The second kappa shape index (κ2) is 11.7. The van der Waals surface area contributed by atoms with Crippen LogP contribution in [0.25, 0.3) is 0 Å². The zero-order valence-corrected chi connectivity index (χ0v) is 21.2. The van der Waals surface area contributed by atoms with Gasteiger partial charge in [0.15, 0.2) is 0 Å². The summed E-state index contributed by atoms with van der Waals surface area (Å²) in [5.41, 5.74) is 1.18. The van der Waals surface area contributed by atoms with Crippen LogP contribution in [0.5, 0.6) is 0 Å². The molecular weight excluding hydrogens is 474 g/mol. The Labute approximate surface area is 207 Å².